The maximum Gasteiger partial charge on any atom is 0.254 e. The zero-order valence-corrected chi connectivity index (χ0v) is 15.1. The van der Waals surface area contributed by atoms with Crippen LogP contribution in [0.1, 0.15) is 21.5 Å². The predicted molar refractivity (Wildman–Crippen MR) is 106 cm³/mol. The molecule has 134 valence electrons. The molecule has 1 aliphatic rings. The Balaban J connectivity index is 1.43. The summed E-state index contributed by atoms with van der Waals surface area (Å²) < 4.78 is 0. The predicted octanol–water partition coefficient (Wildman–Crippen LogP) is 3.67. The van der Waals surface area contributed by atoms with Crippen molar-refractivity contribution in [2.45, 2.75) is 6.54 Å². The maximum atomic E-state index is 13.0. The van der Waals surface area contributed by atoms with Crippen LogP contribution in [0.2, 0.25) is 0 Å². The van der Waals surface area contributed by atoms with E-state index in [1.54, 1.807) is 0 Å². The SMILES string of the molecule is N#Cc1cccc(CN2CCN(C(=O)c3cccc4ccccc34)CC2)c1. The standard InChI is InChI=1S/C23H21N3O/c24-16-18-5-3-6-19(15-18)17-25-11-13-26(14-12-25)23(27)22-10-4-8-20-7-1-2-9-21(20)22/h1-10,15H,11-14,17H2. The van der Waals surface area contributed by atoms with Gasteiger partial charge < -0.3 is 4.90 Å². The van der Waals surface area contributed by atoms with E-state index in [1.807, 2.05) is 65.6 Å². The van der Waals surface area contributed by atoms with E-state index in [0.29, 0.717) is 5.56 Å². The summed E-state index contributed by atoms with van der Waals surface area (Å²) in [5, 5.41) is 11.2. The van der Waals surface area contributed by atoms with E-state index in [4.69, 9.17) is 5.26 Å². The van der Waals surface area contributed by atoms with E-state index in [-0.39, 0.29) is 5.91 Å². The molecule has 0 aromatic heterocycles. The Morgan fingerprint density at radius 1 is 0.926 bits per heavy atom. The van der Waals surface area contributed by atoms with Gasteiger partial charge in [0, 0.05) is 38.3 Å². The number of hydrogen-bond donors (Lipinski definition) is 0. The van der Waals surface area contributed by atoms with E-state index in [2.05, 4.69) is 17.0 Å². The molecule has 1 amide bonds. The molecule has 27 heavy (non-hydrogen) atoms. The summed E-state index contributed by atoms with van der Waals surface area (Å²) in [5.74, 6) is 0.109. The first-order valence-electron chi connectivity index (χ1n) is 9.23. The normalized spacial score (nSPS) is 14.9. The van der Waals surface area contributed by atoms with Crippen molar-refractivity contribution in [1.29, 1.82) is 5.26 Å². The quantitative estimate of drug-likeness (QED) is 0.720. The summed E-state index contributed by atoms with van der Waals surface area (Å²) in [6, 6.07) is 23.9. The maximum absolute atomic E-state index is 13.0. The number of hydrogen-bond acceptors (Lipinski definition) is 3. The molecule has 3 aromatic rings. The lowest BCUT2D eigenvalue weighted by molar-refractivity contribution is 0.0630. The van der Waals surface area contributed by atoms with Crippen molar-refractivity contribution in [3.05, 3.63) is 83.4 Å². The number of benzene rings is 3. The molecule has 0 saturated carbocycles. The second-order valence-electron chi connectivity index (χ2n) is 6.91. The van der Waals surface area contributed by atoms with Crippen molar-refractivity contribution in [3.8, 4) is 6.07 Å². The van der Waals surface area contributed by atoms with Gasteiger partial charge in [-0.1, -0.05) is 48.5 Å². The van der Waals surface area contributed by atoms with E-state index >= 15 is 0 Å². The fourth-order valence-electron chi connectivity index (χ4n) is 3.69. The molecule has 1 fully saturated rings. The molecule has 1 saturated heterocycles. The molecule has 0 aliphatic carbocycles. The van der Waals surface area contributed by atoms with Crippen molar-refractivity contribution in [2.24, 2.45) is 0 Å². The average Bonchev–Trinajstić information content (AvgIpc) is 2.73. The average molecular weight is 355 g/mol. The van der Waals surface area contributed by atoms with Gasteiger partial charge in [-0.15, -0.1) is 0 Å². The summed E-state index contributed by atoms with van der Waals surface area (Å²) >= 11 is 0. The first-order chi connectivity index (χ1) is 13.2. The van der Waals surface area contributed by atoms with Gasteiger partial charge in [0.15, 0.2) is 0 Å². The molecular formula is C23H21N3O. The summed E-state index contributed by atoms with van der Waals surface area (Å²) in [7, 11) is 0. The molecule has 0 N–H and O–H groups in total. The van der Waals surface area contributed by atoms with Gasteiger partial charge >= 0.3 is 0 Å². The number of nitriles is 1. The van der Waals surface area contributed by atoms with Gasteiger partial charge in [0.2, 0.25) is 0 Å². The number of rotatable bonds is 3. The fourth-order valence-corrected chi connectivity index (χ4v) is 3.69. The Morgan fingerprint density at radius 3 is 2.48 bits per heavy atom. The third kappa shape index (κ3) is 3.69. The minimum atomic E-state index is 0.109. The summed E-state index contributed by atoms with van der Waals surface area (Å²) in [4.78, 5) is 17.3. The molecule has 0 radical (unpaired) electrons. The summed E-state index contributed by atoms with van der Waals surface area (Å²) in [5.41, 5.74) is 2.61. The van der Waals surface area contributed by atoms with Crippen LogP contribution >= 0.6 is 0 Å². The number of carbonyl (C=O) groups is 1. The zero-order chi connectivity index (χ0) is 18.6. The van der Waals surface area contributed by atoms with E-state index in [9.17, 15) is 4.79 Å². The van der Waals surface area contributed by atoms with Crippen molar-refractivity contribution in [3.63, 3.8) is 0 Å². The third-order valence-electron chi connectivity index (χ3n) is 5.14. The minimum Gasteiger partial charge on any atom is -0.336 e. The Labute approximate surface area is 159 Å². The van der Waals surface area contributed by atoms with Crippen LogP contribution in [0.15, 0.2) is 66.7 Å². The summed E-state index contributed by atoms with van der Waals surface area (Å²) in [6.45, 7) is 3.94. The van der Waals surface area contributed by atoms with Gasteiger partial charge in [-0.25, -0.2) is 0 Å². The lowest BCUT2D eigenvalue weighted by Crippen LogP contribution is -2.48. The first kappa shape index (κ1) is 17.3. The number of carbonyl (C=O) groups excluding carboxylic acids is 1. The van der Waals surface area contributed by atoms with Crippen LogP contribution in [0, 0.1) is 11.3 Å². The number of fused-ring (bicyclic) bond motifs is 1. The highest BCUT2D eigenvalue weighted by atomic mass is 16.2. The third-order valence-corrected chi connectivity index (χ3v) is 5.14. The molecule has 4 heteroatoms. The van der Waals surface area contributed by atoms with Gasteiger partial charge in [0.25, 0.3) is 5.91 Å². The van der Waals surface area contributed by atoms with Crippen LogP contribution in [0.3, 0.4) is 0 Å². The molecule has 0 atom stereocenters. The molecule has 0 spiro atoms. The monoisotopic (exact) mass is 355 g/mol. The van der Waals surface area contributed by atoms with Crippen molar-refractivity contribution < 1.29 is 4.79 Å². The van der Waals surface area contributed by atoms with Gasteiger partial charge in [-0.05, 0) is 34.5 Å². The molecule has 0 unspecified atom stereocenters. The summed E-state index contributed by atoms with van der Waals surface area (Å²) in [6.07, 6.45) is 0. The highest BCUT2D eigenvalue weighted by molar-refractivity contribution is 6.07. The topological polar surface area (TPSA) is 47.3 Å². The smallest absolute Gasteiger partial charge is 0.254 e. The second kappa shape index (κ2) is 7.61. The number of amides is 1. The van der Waals surface area contributed by atoms with E-state index < -0.39 is 0 Å². The van der Waals surface area contributed by atoms with Gasteiger partial charge in [-0.2, -0.15) is 5.26 Å². The lowest BCUT2D eigenvalue weighted by atomic mass is 10.0. The van der Waals surface area contributed by atoms with Crippen LogP contribution in [0.4, 0.5) is 0 Å². The first-order valence-corrected chi connectivity index (χ1v) is 9.23. The Kier molecular flexibility index (Phi) is 4.86. The largest absolute Gasteiger partial charge is 0.336 e. The molecule has 0 bridgehead atoms. The lowest BCUT2D eigenvalue weighted by Gasteiger charge is -2.35. The Hall–Kier alpha value is -3.16. The molecule has 1 heterocycles. The fraction of sp³-hybridized carbons (Fsp3) is 0.217. The Morgan fingerprint density at radius 2 is 1.67 bits per heavy atom. The van der Waals surface area contributed by atoms with Crippen molar-refractivity contribution in [2.75, 3.05) is 26.2 Å². The number of piperazine rings is 1. The molecule has 3 aromatic carbocycles. The van der Waals surface area contributed by atoms with Gasteiger partial charge in [-0.3, -0.25) is 9.69 Å². The Bertz CT molecular complexity index is 1010. The van der Waals surface area contributed by atoms with Crippen molar-refractivity contribution >= 4 is 16.7 Å². The van der Waals surface area contributed by atoms with Gasteiger partial charge in [0.1, 0.15) is 0 Å². The molecule has 4 rings (SSSR count). The van der Waals surface area contributed by atoms with Crippen molar-refractivity contribution in [1.82, 2.24) is 9.80 Å². The van der Waals surface area contributed by atoms with Crippen LogP contribution in [-0.4, -0.2) is 41.9 Å². The minimum absolute atomic E-state index is 0.109. The number of nitrogens with zero attached hydrogens (tertiary/aromatic N) is 3. The highest BCUT2D eigenvalue weighted by Crippen LogP contribution is 2.21. The van der Waals surface area contributed by atoms with E-state index in [1.165, 1.54) is 0 Å². The van der Waals surface area contributed by atoms with E-state index in [0.717, 1.165) is 54.6 Å². The van der Waals surface area contributed by atoms with Crippen LogP contribution in [-0.2, 0) is 6.54 Å². The van der Waals surface area contributed by atoms with Crippen LogP contribution < -0.4 is 0 Å². The highest BCUT2D eigenvalue weighted by Gasteiger charge is 2.23. The van der Waals surface area contributed by atoms with Crippen LogP contribution in [0.5, 0.6) is 0 Å². The molecule has 4 nitrogen and oxygen atoms in total. The molecule has 1 aliphatic heterocycles. The van der Waals surface area contributed by atoms with Gasteiger partial charge in [0.05, 0.1) is 11.6 Å². The second-order valence-corrected chi connectivity index (χ2v) is 6.91. The molecular weight excluding hydrogens is 334 g/mol. The van der Waals surface area contributed by atoms with Crippen LogP contribution in [0.25, 0.3) is 10.8 Å². The zero-order valence-electron chi connectivity index (χ0n) is 15.1.